The number of amides is 1. The third kappa shape index (κ3) is 2.86. The topological polar surface area (TPSA) is 68.0 Å². The minimum atomic E-state index is 0.0179. The van der Waals surface area contributed by atoms with Crippen molar-refractivity contribution in [2.45, 2.75) is 37.6 Å². The Balaban J connectivity index is 1.31. The normalized spacial score (nSPS) is 23.3. The minimum Gasteiger partial charge on any atom is -0.347 e. The monoisotopic (exact) mass is 317 g/mol. The molecule has 1 N–H and O–H groups in total. The van der Waals surface area contributed by atoms with E-state index < -0.39 is 0 Å². The van der Waals surface area contributed by atoms with Gasteiger partial charge in [-0.3, -0.25) is 4.79 Å². The molecule has 1 aromatic carbocycles. The van der Waals surface area contributed by atoms with Gasteiger partial charge in [-0.25, -0.2) is 0 Å². The maximum absolute atomic E-state index is 12.2. The Bertz CT molecular complexity index is 711. The summed E-state index contributed by atoms with van der Waals surface area (Å²) in [5.41, 5.74) is 1.13. The molecule has 2 fully saturated rings. The first-order valence-corrected chi connectivity index (χ1v) is 7.94. The lowest BCUT2D eigenvalue weighted by Gasteiger charge is -2.02. The molecule has 2 saturated carbocycles. The van der Waals surface area contributed by atoms with Crippen LogP contribution >= 0.6 is 11.6 Å². The zero-order valence-corrected chi connectivity index (χ0v) is 12.7. The highest BCUT2D eigenvalue weighted by Gasteiger charge is 2.43. The Kier molecular flexibility index (Phi) is 3.37. The van der Waals surface area contributed by atoms with E-state index in [0.717, 1.165) is 30.7 Å². The number of rotatable bonds is 5. The fraction of sp³-hybridized carbons (Fsp3) is 0.438. The van der Waals surface area contributed by atoms with Crippen LogP contribution in [0.3, 0.4) is 0 Å². The summed E-state index contributed by atoms with van der Waals surface area (Å²) in [6, 6.07) is 7.71. The summed E-state index contributed by atoms with van der Waals surface area (Å²) in [7, 11) is 0. The van der Waals surface area contributed by atoms with Crippen LogP contribution in [-0.4, -0.2) is 16.0 Å². The zero-order chi connectivity index (χ0) is 15.1. The van der Waals surface area contributed by atoms with Gasteiger partial charge in [-0.1, -0.05) is 28.9 Å². The summed E-state index contributed by atoms with van der Waals surface area (Å²) < 4.78 is 5.15. The Labute approximate surface area is 133 Å². The first kappa shape index (κ1) is 13.8. The van der Waals surface area contributed by atoms with Crippen molar-refractivity contribution in [3.05, 3.63) is 46.6 Å². The Hall–Kier alpha value is -1.88. The molecule has 22 heavy (non-hydrogen) atoms. The second-order valence-electron chi connectivity index (χ2n) is 6.04. The molecule has 0 aliphatic heterocycles. The molecule has 0 bridgehead atoms. The fourth-order valence-corrected chi connectivity index (χ4v) is 2.93. The highest BCUT2D eigenvalue weighted by Crippen LogP contribution is 2.48. The number of nitrogens with zero attached hydrogens (tertiary/aromatic N) is 2. The molecule has 1 heterocycles. The SMILES string of the molecule is O=C(NCc1nc(C2CC2)no1)C1CC1c1cccc(Cl)c1. The number of nitrogens with one attached hydrogen (secondary N) is 1. The average Bonchev–Trinajstić information content (AvgIpc) is 3.43. The van der Waals surface area contributed by atoms with E-state index in [1.54, 1.807) is 0 Å². The maximum Gasteiger partial charge on any atom is 0.246 e. The first-order chi connectivity index (χ1) is 10.7. The zero-order valence-electron chi connectivity index (χ0n) is 12.0. The third-order valence-corrected chi connectivity index (χ3v) is 4.48. The highest BCUT2D eigenvalue weighted by atomic mass is 35.5. The number of aromatic nitrogens is 2. The summed E-state index contributed by atoms with van der Waals surface area (Å²) >= 11 is 5.99. The molecule has 0 radical (unpaired) electrons. The predicted molar refractivity (Wildman–Crippen MR) is 80.4 cm³/mol. The largest absolute Gasteiger partial charge is 0.347 e. The molecule has 6 heteroatoms. The van der Waals surface area contributed by atoms with Gasteiger partial charge in [-0.05, 0) is 42.9 Å². The van der Waals surface area contributed by atoms with Gasteiger partial charge in [-0.2, -0.15) is 4.98 Å². The molecule has 0 spiro atoms. The number of benzene rings is 1. The molecule has 5 nitrogen and oxygen atoms in total. The fourth-order valence-electron chi connectivity index (χ4n) is 2.73. The summed E-state index contributed by atoms with van der Waals surface area (Å²) in [6.07, 6.45) is 3.13. The van der Waals surface area contributed by atoms with Gasteiger partial charge in [-0.15, -0.1) is 0 Å². The summed E-state index contributed by atoms with van der Waals surface area (Å²) in [5, 5.41) is 7.53. The molecule has 4 rings (SSSR count). The Morgan fingerprint density at radius 2 is 2.27 bits per heavy atom. The number of hydrogen-bond acceptors (Lipinski definition) is 4. The van der Waals surface area contributed by atoms with E-state index >= 15 is 0 Å². The highest BCUT2D eigenvalue weighted by molar-refractivity contribution is 6.30. The van der Waals surface area contributed by atoms with E-state index in [0.29, 0.717) is 23.4 Å². The van der Waals surface area contributed by atoms with E-state index in [1.807, 2.05) is 24.3 Å². The Morgan fingerprint density at radius 1 is 1.41 bits per heavy atom. The van der Waals surface area contributed by atoms with Crippen molar-refractivity contribution in [2.24, 2.45) is 5.92 Å². The summed E-state index contributed by atoms with van der Waals surface area (Å²) in [6.45, 7) is 0.303. The number of halogens is 1. The van der Waals surface area contributed by atoms with E-state index in [4.69, 9.17) is 16.1 Å². The minimum absolute atomic E-state index is 0.0179. The molecule has 0 saturated heterocycles. The van der Waals surface area contributed by atoms with Crippen LogP contribution in [0.2, 0.25) is 5.02 Å². The van der Waals surface area contributed by atoms with Gasteiger partial charge < -0.3 is 9.84 Å². The van der Waals surface area contributed by atoms with E-state index in [9.17, 15) is 4.79 Å². The van der Waals surface area contributed by atoms with Crippen LogP contribution in [0, 0.1) is 5.92 Å². The second-order valence-corrected chi connectivity index (χ2v) is 6.48. The molecule has 1 amide bonds. The van der Waals surface area contributed by atoms with Crippen molar-refractivity contribution in [1.82, 2.24) is 15.5 Å². The molecular formula is C16H16ClN3O2. The molecule has 2 aliphatic carbocycles. The lowest BCUT2D eigenvalue weighted by atomic mass is 10.1. The van der Waals surface area contributed by atoms with Crippen molar-refractivity contribution >= 4 is 17.5 Å². The van der Waals surface area contributed by atoms with Crippen LogP contribution in [0.5, 0.6) is 0 Å². The number of carbonyl (C=O) groups excluding carboxylic acids is 1. The Morgan fingerprint density at radius 3 is 3.05 bits per heavy atom. The number of carbonyl (C=O) groups is 1. The van der Waals surface area contributed by atoms with Crippen molar-refractivity contribution in [2.75, 3.05) is 0 Å². The lowest BCUT2D eigenvalue weighted by molar-refractivity contribution is -0.122. The van der Waals surface area contributed by atoms with Gasteiger partial charge in [0.15, 0.2) is 5.82 Å². The van der Waals surface area contributed by atoms with Crippen LogP contribution in [0.15, 0.2) is 28.8 Å². The van der Waals surface area contributed by atoms with E-state index in [2.05, 4.69) is 15.5 Å². The van der Waals surface area contributed by atoms with Crippen molar-refractivity contribution in [1.29, 1.82) is 0 Å². The molecule has 114 valence electrons. The van der Waals surface area contributed by atoms with E-state index in [1.165, 1.54) is 0 Å². The lowest BCUT2D eigenvalue weighted by Crippen LogP contribution is -2.25. The van der Waals surface area contributed by atoms with Crippen LogP contribution in [-0.2, 0) is 11.3 Å². The standard InChI is InChI=1S/C16H16ClN3O2/c17-11-3-1-2-10(6-11)12-7-13(12)16(21)18-8-14-19-15(20-22-14)9-4-5-9/h1-3,6,9,12-13H,4-5,7-8H2,(H,18,21). The smallest absolute Gasteiger partial charge is 0.246 e. The first-order valence-electron chi connectivity index (χ1n) is 7.56. The van der Waals surface area contributed by atoms with Crippen LogP contribution in [0.1, 0.15) is 48.4 Å². The van der Waals surface area contributed by atoms with Crippen LogP contribution in [0.25, 0.3) is 0 Å². The molecule has 2 atom stereocenters. The van der Waals surface area contributed by atoms with Gasteiger partial charge in [0.05, 0.1) is 6.54 Å². The molecule has 2 aliphatic rings. The summed E-state index contributed by atoms with van der Waals surface area (Å²) in [4.78, 5) is 16.5. The van der Waals surface area contributed by atoms with Crippen molar-refractivity contribution in [3.8, 4) is 0 Å². The second kappa shape index (κ2) is 5.39. The van der Waals surface area contributed by atoms with Crippen molar-refractivity contribution < 1.29 is 9.32 Å². The van der Waals surface area contributed by atoms with Crippen molar-refractivity contribution in [3.63, 3.8) is 0 Å². The molecule has 2 unspecified atom stereocenters. The maximum atomic E-state index is 12.2. The molecule has 2 aromatic rings. The van der Waals surface area contributed by atoms with Gasteiger partial charge in [0.1, 0.15) is 0 Å². The molecular weight excluding hydrogens is 302 g/mol. The van der Waals surface area contributed by atoms with Crippen LogP contribution in [0.4, 0.5) is 0 Å². The predicted octanol–water partition coefficient (Wildman–Crippen LogP) is 3.02. The van der Waals surface area contributed by atoms with Gasteiger partial charge in [0.2, 0.25) is 11.8 Å². The van der Waals surface area contributed by atoms with Crippen LogP contribution < -0.4 is 5.32 Å². The average molecular weight is 318 g/mol. The van der Waals surface area contributed by atoms with Gasteiger partial charge >= 0.3 is 0 Å². The van der Waals surface area contributed by atoms with E-state index in [-0.39, 0.29) is 17.7 Å². The third-order valence-electron chi connectivity index (χ3n) is 4.24. The summed E-state index contributed by atoms with van der Waals surface area (Å²) in [5.74, 6) is 2.04. The quantitative estimate of drug-likeness (QED) is 0.920. The van der Waals surface area contributed by atoms with Gasteiger partial charge in [0, 0.05) is 16.9 Å². The van der Waals surface area contributed by atoms with Gasteiger partial charge in [0.25, 0.3) is 0 Å². The number of hydrogen-bond donors (Lipinski definition) is 1. The molecule has 1 aromatic heterocycles.